The highest BCUT2D eigenvalue weighted by Gasteiger charge is 2.22. The zero-order valence-corrected chi connectivity index (χ0v) is 12.7. The van der Waals surface area contributed by atoms with Gasteiger partial charge in [0.2, 0.25) is 0 Å². The molecule has 0 radical (unpaired) electrons. The standard InChI is InChI=1S/C15H28N4/c1-4-8-16-11-14-7-5-6-9-19(14)12-15-10-13(2)17-18(15)3/h10,14,16H,4-9,11-12H2,1-3H3. The second-order valence-electron chi connectivity index (χ2n) is 5.72. The molecule has 1 aliphatic rings. The molecule has 0 aromatic carbocycles. The predicted octanol–water partition coefficient (Wildman–Crippen LogP) is 2.08. The van der Waals surface area contributed by atoms with Crippen molar-refractivity contribution in [3.8, 4) is 0 Å². The second-order valence-corrected chi connectivity index (χ2v) is 5.72. The number of aromatic nitrogens is 2. The number of piperidine rings is 1. The summed E-state index contributed by atoms with van der Waals surface area (Å²) in [5.41, 5.74) is 2.45. The Morgan fingerprint density at radius 2 is 2.26 bits per heavy atom. The van der Waals surface area contributed by atoms with Gasteiger partial charge in [-0.1, -0.05) is 13.3 Å². The Hall–Kier alpha value is -0.870. The first-order chi connectivity index (χ1) is 9.20. The van der Waals surface area contributed by atoms with Crippen LogP contribution in [0.2, 0.25) is 0 Å². The van der Waals surface area contributed by atoms with Crippen LogP contribution in [-0.4, -0.2) is 40.4 Å². The highest BCUT2D eigenvalue weighted by molar-refractivity contribution is 5.08. The first-order valence-corrected chi connectivity index (χ1v) is 7.65. The van der Waals surface area contributed by atoms with Crippen molar-refractivity contribution in [3.05, 3.63) is 17.5 Å². The van der Waals surface area contributed by atoms with Crippen LogP contribution in [0, 0.1) is 6.92 Å². The number of hydrogen-bond donors (Lipinski definition) is 1. The van der Waals surface area contributed by atoms with E-state index >= 15 is 0 Å². The van der Waals surface area contributed by atoms with Crippen molar-refractivity contribution >= 4 is 0 Å². The minimum Gasteiger partial charge on any atom is -0.315 e. The zero-order valence-electron chi connectivity index (χ0n) is 12.7. The summed E-state index contributed by atoms with van der Waals surface area (Å²) in [6, 6.07) is 2.90. The fourth-order valence-corrected chi connectivity index (χ4v) is 2.97. The lowest BCUT2D eigenvalue weighted by Gasteiger charge is -2.35. The fourth-order valence-electron chi connectivity index (χ4n) is 2.97. The largest absolute Gasteiger partial charge is 0.315 e. The maximum absolute atomic E-state index is 4.45. The quantitative estimate of drug-likeness (QED) is 0.799. The molecule has 1 aliphatic heterocycles. The molecular weight excluding hydrogens is 236 g/mol. The lowest BCUT2D eigenvalue weighted by atomic mass is 10.0. The molecule has 1 saturated heterocycles. The summed E-state index contributed by atoms with van der Waals surface area (Å²) in [6.45, 7) is 8.82. The molecule has 4 nitrogen and oxygen atoms in total. The van der Waals surface area contributed by atoms with Crippen molar-refractivity contribution < 1.29 is 0 Å². The van der Waals surface area contributed by atoms with Crippen LogP contribution in [0.25, 0.3) is 0 Å². The fraction of sp³-hybridized carbons (Fsp3) is 0.800. The van der Waals surface area contributed by atoms with Crippen molar-refractivity contribution in [3.63, 3.8) is 0 Å². The highest BCUT2D eigenvalue weighted by atomic mass is 15.3. The molecule has 19 heavy (non-hydrogen) atoms. The number of nitrogens with one attached hydrogen (secondary N) is 1. The van der Waals surface area contributed by atoms with Gasteiger partial charge in [0.25, 0.3) is 0 Å². The number of aryl methyl sites for hydroxylation is 2. The molecule has 0 spiro atoms. The van der Waals surface area contributed by atoms with Crippen LogP contribution in [0.5, 0.6) is 0 Å². The van der Waals surface area contributed by atoms with Crippen LogP contribution in [0.4, 0.5) is 0 Å². The first-order valence-electron chi connectivity index (χ1n) is 7.65. The van der Waals surface area contributed by atoms with Crippen molar-refractivity contribution in [2.45, 2.75) is 52.1 Å². The Morgan fingerprint density at radius 3 is 2.95 bits per heavy atom. The van der Waals surface area contributed by atoms with E-state index in [1.54, 1.807) is 0 Å². The SMILES string of the molecule is CCCNCC1CCCCN1Cc1cc(C)nn1C. The van der Waals surface area contributed by atoms with Crippen LogP contribution in [-0.2, 0) is 13.6 Å². The van der Waals surface area contributed by atoms with Crippen LogP contribution < -0.4 is 5.32 Å². The zero-order chi connectivity index (χ0) is 13.7. The number of rotatable bonds is 6. The lowest BCUT2D eigenvalue weighted by Crippen LogP contribution is -2.45. The summed E-state index contributed by atoms with van der Waals surface area (Å²) in [5.74, 6) is 0. The molecule has 0 bridgehead atoms. The average Bonchev–Trinajstić information content (AvgIpc) is 2.70. The third-order valence-electron chi connectivity index (χ3n) is 4.02. The molecule has 108 valence electrons. The van der Waals surface area contributed by atoms with Crippen LogP contribution >= 0.6 is 0 Å². The van der Waals surface area contributed by atoms with Crippen molar-refractivity contribution in [1.82, 2.24) is 20.0 Å². The molecule has 1 fully saturated rings. The Labute approximate surface area is 117 Å². The summed E-state index contributed by atoms with van der Waals surface area (Å²) in [7, 11) is 2.05. The minimum atomic E-state index is 0.690. The topological polar surface area (TPSA) is 33.1 Å². The van der Waals surface area contributed by atoms with E-state index in [2.05, 4.69) is 42.3 Å². The Balaban J connectivity index is 1.93. The molecular formula is C15H28N4. The van der Waals surface area contributed by atoms with Gasteiger partial charge in [-0.2, -0.15) is 5.10 Å². The first kappa shape index (κ1) is 14.5. The van der Waals surface area contributed by atoms with Crippen molar-refractivity contribution in [2.75, 3.05) is 19.6 Å². The third kappa shape index (κ3) is 4.05. The van der Waals surface area contributed by atoms with Crippen LogP contribution in [0.15, 0.2) is 6.07 Å². The molecule has 1 unspecified atom stereocenters. The van der Waals surface area contributed by atoms with E-state index in [1.165, 1.54) is 37.9 Å². The van der Waals surface area contributed by atoms with Crippen molar-refractivity contribution in [2.24, 2.45) is 7.05 Å². The lowest BCUT2D eigenvalue weighted by molar-refractivity contribution is 0.134. The molecule has 1 atom stereocenters. The molecule has 0 amide bonds. The molecule has 4 heteroatoms. The Morgan fingerprint density at radius 1 is 1.42 bits per heavy atom. The van der Waals surface area contributed by atoms with E-state index in [0.717, 1.165) is 25.3 Å². The normalized spacial score (nSPS) is 20.9. The van der Waals surface area contributed by atoms with Gasteiger partial charge in [0, 0.05) is 26.2 Å². The summed E-state index contributed by atoms with van der Waals surface area (Å²) in [4.78, 5) is 2.63. The number of nitrogens with zero attached hydrogens (tertiary/aromatic N) is 3. The summed E-state index contributed by atoms with van der Waals surface area (Å²) in [6.07, 6.45) is 5.25. The Kier molecular flexibility index (Phi) is 5.40. The smallest absolute Gasteiger partial charge is 0.0597 e. The van der Waals surface area contributed by atoms with Gasteiger partial charge < -0.3 is 5.32 Å². The van der Waals surface area contributed by atoms with Gasteiger partial charge >= 0.3 is 0 Å². The van der Waals surface area contributed by atoms with E-state index in [1.807, 2.05) is 4.68 Å². The second kappa shape index (κ2) is 7.06. The third-order valence-corrected chi connectivity index (χ3v) is 4.02. The molecule has 0 aliphatic carbocycles. The van der Waals surface area contributed by atoms with E-state index in [9.17, 15) is 0 Å². The monoisotopic (exact) mass is 264 g/mol. The van der Waals surface area contributed by atoms with Crippen LogP contribution in [0.3, 0.4) is 0 Å². The summed E-state index contributed by atoms with van der Waals surface area (Å²) < 4.78 is 2.03. The molecule has 2 heterocycles. The van der Waals surface area contributed by atoms with E-state index < -0.39 is 0 Å². The molecule has 1 aromatic heterocycles. The average molecular weight is 264 g/mol. The van der Waals surface area contributed by atoms with Gasteiger partial charge in [0.15, 0.2) is 0 Å². The minimum absolute atomic E-state index is 0.690. The van der Waals surface area contributed by atoms with Gasteiger partial charge in [0.05, 0.1) is 11.4 Å². The maximum Gasteiger partial charge on any atom is 0.0597 e. The number of hydrogen-bond acceptors (Lipinski definition) is 3. The summed E-state index contributed by atoms with van der Waals surface area (Å²) >= 11 is 0. The maximum atomic E-state index is 4.45. The predicted molar refractivity (Wildman–Crippen MR) is 79.2 cm³/mol. The van der Waals surface area contributed by atoms with E-state index in [0.29, 0.717) is 6.04 Å². The summed E-state index contributed by atoms with van der Waals surface area (Å²) in [5, 5.41) is 8.03. The number of likely N-dealkylation sites (tertiary alicyclic amines) is 1. The molecule has 2 rings (SSSR count). The van der Waals surface area contributed by atoms with Gasteiger partial charge in [0.1, 0.15) is 0 Å². The van der Waals surface area contributed by atoms with Gasteiger partial charge in [-0.3, -0.25) is 9.58 Å². The van der Waals surface area contributed by atoms with Gasteiger partial charge in [-0.15, -0.1) is 0 Å². The van der Waals surface area contributed by atoms with E-state index in [-0.39, 0.29) is 0 Å². The molecule has 1 aromatic rings. The van der Waals surface area contributed by atoms with Gasteiger partial charge in [-0.05, 0) is 45.3 Å². The van der Waals surface area contributed by atoms with Gasteiger partial charge in [-0.25, -0.2) is 0 Å². The van der Waals surface area contributed by atoms with Crippen molar-refractivity contribution in [1.29, 1.82) is 0 Å². The Bertz CT molecular complexity index is 385. The molecule has 1 N–H and O–H groups in total. The van der Waals surface area contributed by atoms with E-state index in [4.69, 9.17) is 0 Å². The highest BCUT2D eigenvalue weighted by Crippen LogP contribution is 2.19. The molecule has 0 saturated carbocycles. The van der Waals surface area contributed by atoms with Crippen LogP contribution in [0.1, 0.15) is 44.0 Å².